The van der Waals surface area contributed by atoms with E-state index in [0.29, 0.717) is 18.8 Å². The highest BCUT2D eigenvalue weighted by molar-refractivity contribution is 5.99. The fraction of sp³-hybridized carbons (Fsp3) is 0.556. The van der Waals surface area contributed by atoms with Crippen molar-refractivity contribution in [3.63, 3.8) is 0 Å². The maximum atomic E-state index is 12.1. The average molecular weight is 300 g/mol. The molecular weight excluding hydrogens is 280 g/mol. The molecule has 0 aromatic carbocycles. The van der Waals surface area contributed by atoms with Gasteiger partial charge in [0.2, 0.25) is 6.29 Å². The Morgan fingerprint density at radius 3 is 3.00 bits per heavy atom. The summed E-state index contributed by atoms with van der Waals surface area (Å²) in [5.74, 6) is 0.474. The second kappa shape index (κ2) is 4.92. The molecule has 1 saturated carbocycles. The van der Waals surface area contributed by atoms with Crippen molar-refractivity contribution in [2.24, 2.45) is 17.8 Å². The van der Waals surface area contributed by atoms with E-state index in [0.717, 1.165) is 24.0 Å². The maximum absolute atomic E-state index is 12.1. The standard InChI is InChI=1S/C18H20O4/c1-3-4-12-9(2)14(8-13(12)19)21-18-16-11-6-5-10(7-11)15(16)17(20)22-18/h3,5,11,14-16,18H,1,4,6-8H2,2H3/t11?,14-,15?,16?,18?/m0/s1. The van der Waals surface area contributed by atoms with Crippen LogP contribution in [0.25, 0.3) is 0 Å². The third kappa shape index (κ3) is 1.86. The first-order valence-corrected chi connectivity index (χ1v) is 7.98. The van der Waals surface area contributed by atoms with E-state index in [9.17, 15) is 9.59 Å². The van der Waals surface area contributed by atoms with Crippen molar-refractivity contribution in [2.75, 3.05) is 0 Å². The van der Waals surface area contributed by atoms with Crippen LogP contribution in [0.5, 0.6) is 0 Å². The van der Waals surface area contributed by atoms with E-state index in [2.05, 4.69) is 12.7 Å². The molecule has 1 saturated heterocycles. The van der Waals surface area contributed by atoms with Gasteiger partial charge in [-0.15, -0.1) is 6.58 Å². The van der Waals surface area contributed by atoms with Gasteiger partial charge in [-0.05, 0) is 37.7 Å². The third-order valence-electron chi connectivity index (χ3n) is 5.62. The molecule has 5 atom stereocenters. The summed E-state index contributed by atoms with van der Waals surface area (Å²) in [7, 11) is 0. The van der Waals surface area contributed by atoms with Crippen molar-refractivity contribution >= 4 is 11.8 Å². The minimum Gasteiger partial charge on any atom is -0.435 e. The number of carbonyl (C=O) groups is 2. The lowest BCUT2D eigenvalue weighted by molar-refractivity contribution is -0.178. The summed E-state index contributed by atoms with van der Waals surface area (Å²) in [6, 6.07) is 0. The van der Waals surface area contributed by atoms with Gasteiger partial charge in [-0.1, -0.05) is 17.7 Å². The predicted molar refractivity (Wildman–Crippen MR) is 79.7 cm³/mol. The van der Waals surface area contributed by atoms with Crippen LogP contribution in [-0.2, 0) is 19.1 Å². The van der Waals surface area contributed by atoms with Gasteiger partial charge in [-0.25, -0.2) is 0 Å². The van der Waals surface area contributed by atoms with E-state index in [1.54, 1.807) is 6.08 Å². The molecule has 4 unspecified atom stereocenters. The van der Waals surface area contributed by atoms with Crippen LogP contribution in [0.3, 0.4) is 0 Å². The molecule has 0 radical (unpaired) electrons. The molecule has 4 aliphatic rings. The Hall–Kier alpha value is -1.68. The third-order valence-corrected chi connectivity index (χ3v) is 5.62. The number of Topliss-reactive ketones (excluding diaryl/α,β-unsaturated/α-hetero) is 1. The van der Waals surface area contributed by atoms with E-state index < -0.39 is 6.29 Å². The summed E-state index contributed by atoms with van der Waals surface area (Å²) in [5.41, 5.74) is 3.00. The fourth-order valence-corrected chi connectivity index (χ4v) is 4.50. The Morgan fingerprint density at radius 1 is 1.41 bits per heavy atom. The van der Waals surface area contributed by atoms with Gasteiger partial charge >= 0.3 is 5.97 Å². The van der Waals surface area contributed by atoms with Gasteiger partial charge < -0.3 is 9.47 Å². The van der Waals surface area contributed by atoms with Gasteiger partial charge in [0, 0.05) is 17.9 Å². The molecule has 22 heavy (non-hydrogen) atoms. The van der Waals surface area contributed by atoms with Crippen LogP contribution >= 0.6 is 0 Å². The van der Waals surface area contributed by atoms with Crippen LogP contribution in [0, 0.1) is 17.8 Å². The quantitative estimate of drug-likeness (QED) is 0.592. The molecule has 0 aromatic rings. The Bertz CT molecular complexity index is 627. The number of ether oxygens (including phenoxy) is 2. The second-order valence-electron chi connectivity index (χ2n) is 6.75. The van der Waals surface area contributed by atoms with Crippen molar-refractivity contribution in [3.8, 4) is 0 Å². The summed E-state index contributed by atoms with van der Waals surface area (Å²) >= 11 is 0. The van der Waals surface area contributed by atoms with Crippen molar-refractivity contribution in [1.82, 2.24) is 0 Å². The molecular formula is C18H20O4. The zero-order valence-electron chi connectivity index (χ0n) is 12.7. The Kier molecular flexibility index (Phi) is 3.12. The first-order chi connectivity index (χ1) is 10.6. The largest absolute Gasteiger partial charge is 0.435 e. The lowest BCUT2D eigenvalue weighted by Crippen LogP contribution is -2.31. The second-order valence-corrected chi connectivity index (χ2v) is 6.75. The van der Waals surface area contributed by atoms with Gasteiger partial charge in [0.15, 0.2) is 5.78 Å². The molecule has 3 aliphatic carbocycles. The van der Waals surface area contributed by atoms with Crippen LogP contribution in [0.15, 0.2) is 35.5 Å². The number of carbonyl (C=O) groups excluding carboxylic acids is 2. The van der Waals surface area contributed by atoms with Crippen molar-refractivity contribution < 1.29 is 19.1 Å². The van der Waals surface area contributed by atoms with Gasteiger partial charge in [0.05, 0.1) is 12.0 Å². The van der Waals surface area contributed by atoms with Gasteiger partial charge in [0.25, 0.3) is 0 Å². The van der Waals surface area contributed by atoms with Crippen molar-refractivity contribution in [1.29, 1.82) is 0 Å². The SMILES string of the molecule is C=CCC1=C(C)[C@@H](OC2OC(=O)C3C4=CCC(C4)C23)CC1=O. The molecule has 2 bridgehead atoms. The van der Waals surface area contributed by atoms with E-state index >= 15 is 0 Å². The zero-order chi connectivity index (χ0) is 15.4. The lowest BCUT2D eigenvalue weighted by Gasteiger charge is -2.25. The number of cyclic esters (lactones) is 1. The predicted octanol–water partition coefficient (Wildman–Crippen LogP) is 2.70. The summed E-state index contributed by atoms with van der Waals surface area (Å²) in [5, 5.41) is 0. The molecule has 0 N–H and O–H groups in total. The van der Waals surface area contributed by atoms with E-state index in [1.165, 1.54) is 5.57 Å². The molecule has 4 heteroatoms. The maximum Gasteiger partial charge on any atom is 0.315 e. The summed E-state index contributed by atoms with van der Waals surface area (Å²) < 4.78 is 11.6. The molecule has 0 aromatic heterocycles. The molecule has 4 nitrogen and oxygen atoms in total. The van der Waals surface area contributed by atoms with E-state index in [4.69, 9.17) is 9.47 Å². The topological polar surface area (TPSA) is 52.6 Å². The monoisotopic (exact) mass is 300 g/mol. The summed E-state index contributed by atoms with van der Waals surface area (Å²) in [4.78, 5) is 24.2. The van der Waals surface area contributed by atoms with E-state index in [-0.39, 0.29) is 29.7 Å². The number of esters is 1. The number of fused-ring (bicyclic) bond motifs is 5. The zero-order valence-corrected chi connectivity index (χ0v) is 12.7. The lowest BCUT2D eigenvalue weighted by atomic mass is 9.85. The molecule has 0 spiro atoms. The first-order valence-electron chi connectivity index (χ1n) is 7.98. The van der Waals surface area contributed by atoms with Crippen molar-refractivity contribution in [3.05, 3.63) is 35.5 Å². The normalized spacial score (nSPS) is 39.3. The number of rotatable bonds is 4. The molecule has 2 fully saturated rings. The van der Waals surface area contributed by atoms with Crippen molar-refractivity contribution in [2.45, 2.75) is 45.0 Å². The van der Waals surface area contributed by atoms with Crippen LogP contribution in [0.1, 0.15) is 32.6 Å². The Morgan fingerprint density at radius 2 is 2.23 bits per heavy atom. The summed E-state index contributed by atoms with van der Waals surface area (Å²) in [6.45, 7) is 5.63. The Balaban J connectivity index is 1.53. The molecule has 1 heterocycles. The van der Waals surface area contributed by atoms with Crippen LogP contribution in [0.4, 0.5) is 0 Å². The molecule has 1 aliphatic heterocycles. The summed E-state index contributed by atoms with van der Waals surface area (Å²) in [6.07, 6.45) is 6.13. The minimum atomic E-state index is -0.496. The first kappa shape index (κ1) is 13.9. The number of allylic oxidation sites excluding steroid dienone is 3. The molecule has 116 valence electrons. The van der Waals surface area contributed by atoms with Gasteiger partial charge in [-0.3, -0.25) is 9.59 Å². The highest BCUT2D eigenvalue weighted by Crippen LogP contribution is 2.54. The van der Waals surface area contributed by atoms with Gasteiger partial charge in [-0.2, -0.15) is 0 Å². The molecule has 0 amide bonds. The fourth-order valence-electron chi connectivity index (χ4n) is 4.50. The van der Waals surface area contributed by atoms with Crippen LogP contribution < -0.4 is 0 Å². The van der Waals surface area contributed by atoms with Crippen LogP contribution in [0.2, 0.25) is 0 Å². The highest BCUT2D eigenvalue weighted by atomic mass is 16.7. The average Bonchev–Trinajstić information content (AvgIpc) is 3.21. The molecule has 4 rings (SSSR count). The number of hydrogen-bond donors (Lipinski definition) is 0. The van der Waals surface area contributed by atoms with Gasteiger partial charge in [0.1, 0.15) is 0 Å². The number of ketones is 1. The highest BCUT2D eigenvalue weighted by Gasteiger charge is 2.57. The van der Waals surface area contributed by atoms with Crippen LogP contribution in [-0.4, -0.2) is 24.1 Å². The minimum absolute atomic E-state index is 0.0993. The van der Waals surface area contributed by atoms with E-state index in [1.807, 2.05) is 6.92 Å². The number of hydrogen-bond acceptors (Lipinski definition) is 4. The Labute approximate surface area is 129 Å². The smallest absolute Gasteiger partial charge is 0.315 e.